The number of nitrogens with two attached hydrogens (primary N) is 1. The van der Waals surface area contributed by atoms with Crippen molar-refractivity contribution in [3.05, 3.63) is 66.7 Å². The van der Waals surface area contributed by atoms with Crippen molar-refractivity contribution in [2.45, 2.75) is 0 Å². The van der Waals surface area contributed by atoms with E-state index in [2.05, 4.69) is 54.6 Å². The molecule has 0 atom stereocenters. The van der Waals surface area contributed by atoms with E-state index in [1.807, 2.05) is 12.1 Å². The van der Waals surface area contributed by atoms with Crippen molar-refractivity contribution in [2.24, 2.45) is 0 Å². The van der Waals surface area contributed by atoms with Gasteiger partial charge in [0, 0.05) is 11.1 Å². The highest BCUT2D eigenvalue weighted by atomic mass is 15.3. The molecule has 0 radical (unpaired) electrons. The molecule has 19 heavy (non-hydrogen) atoms. The third kappa shape index (κ3) is 1.42. The minimum Gasteiger partial charge on any atom is -0.398 e. The summed E-state index contributed by atoms with van der Waals surface area (Å²) in [5, 5.41) is 7.48. The first-order chi connectivity index (χ1) is 9.34. The summed E-state index contributed by atoms with van der Waals surface area (Å²) in [6.45, 7) is 0. The lowest BCUT2D eigenvalue weighted by Crippen LogP contribution is -1.87. The van der Waals surface area contributed by atoms with Gasteiger partial charge in [0.15, 0.2) is 0 Å². The molecule has 0 saturated heterocycles. The largest absolute Gasteiger partial charge is 0.398 e. The van der Waals surface area contributed by atoms with E-state index in [-0.39, 0.29) is 0 Å². The maximum atomic E-state index is 6.06. The maximum absolute atomic E-state index is 6.06. The van der Waals surface area contributed by atoms with Gasteiger partial charge in [0.1, 0.15) is 0 Å². The van der Waals surface area contributed by atoms with E-state index in [1.54, 1.807) is 0 Å². The molecule has 1 nitrogen and oxygen atoms in total. The molecule has 0 heterocycles. The normalized spacial score (nSPS) is 11.4. The van der Waals surface area contributed by atoms with E-state index in [9.17, 15) is 0 Å². The minimum atomic E-state index is 0.840. The van der Waals surface area contributed by atoms with Crippen molar-refractivity contribution in [2.75, 3.05) is 5.73 Å². The molecule has 0 saturated carbocycles. The Hall–Kier alpha value is -2.54. The minimum absolute atomic E-state index is 0.840. The summed E-state index contributed by atoms with van der Waals surface area (Å²) in [4.78, 5) is 0. The second-order valence-corrected chi connectivity index (χ2v) is 4.89. The van der Waals surface area contributed by atoms with Crippen LogP contribution in [0.15, 0.2) is 66.7 Å². The van der Waals surface area contributed by atoms with Gasteiger partial charge in [0.05, 0.1) is 0 Å². The van der Waals surface area contributed by atoms with Crippen LogP contribution in [0.3, 0.4) is 0 Å². The lowest BCUT2D eigenvalue weighted by Gasteiger charge is -2.08. The van der Waals surface area contributed by atoms with Crippen LogP contribution in [0, 0.1) is 0 Å². The molecule has 90 valence electrons. The van der Waals surface area contributed by atoms with E-state index in [1.165, 1.54) is 26.9 Å². The highest BCUT2D eigenvalue weighted by Crippen LogP contribution is 2.32. The molecule has 4 aromatic rings. The quantitative estimate of drug-likeness (QED) is 0.352. The van der Waals surface area contributed by atoms with E-state index >= 15 is 0 Å². The van der Waals surface area contributed by atoms with E-state index in [0.717, 1.165) is 11.1 Å². The molecule has 0 aromatic heterocycles. The first-order valence-electron chi connectivity index (χ1n) is 6.43. The summed E-state index contributed by atoms with van der Waals surface area (Å²) in [5.41, 5.74) is 6.90. The molecule has 0 spiro atoms. The lowest BCUT2D eigenvalue weighted by molar-refractivity contribution is 1.75. The summed E-state index contributed by atoms with van der Waals surface area (Å²) in [6, 6.07) is 23.3. The smallest absolute Gasteiger partial charge is 0.0393 e. The average Bonchev–Trinajstić information content (AvgIpc) is 2.47. The first kappa shape index (κ1) is 10.4. The van der Waals surface area contributed by atoms with Crippen molar-refractivity contribution in [3.63, 3.8) is 0 Å². The molecule has 0 aliphatic rings. The lowest BCUT2D eigenvalue weighted by atomic mass is 9.99. The second kappa shape index (κ2) is 3.72. The predicted molar refractivity (Wildman–Crippen MR) is 83.4 cm³/mol. The summed E-state index contributed by atoms with van der Waals surface area (Å²) >= 11 is 0. The molecule has 0 fully saturated rings. The number of hydrogen-bond acceptors (Lipinski definition) is 1. The third-order valence-corrected chi connectivity index (χ3v) is 3.82. The molecular weight excluding hydrogens is 232 g/mol. The SMILES string of the molecule is N[14c]1cccc2c3ccc4ccccc4c3ccc21. The van der Waals surface area contributed by atoms with Crippen molar-refractivity contribution in [3.8, 4) is 0 Å². The van der Waals surface area contributed by atoms with Crippen LogP contribution in [-0.2, 0) is 0 Å². The van der Waals surface area contributed by atoms with Crippen LogP contribution in [-0.4, -0.2) is 0 Å². The first-order valence-corrected chi connectivity index (χ1v) is 6.43. The molecular formula is C18H13N. The Labute approximate surface area is 111 Å². The fourth-order valence-corrected chi connectivity index (χ4v) is 2.88. The molecule has 0 aliphatic heterocycles. The van der Waals surface area contributed by atoms with Gasteiger partial charge in [-0.25, -0.2) is 0 Å². The van der Waals surface area contributed by atoms with Crippen molar-refractivity contribution in [1.82, 2.24) is 0 Å². The van der Waals surface area contributed by atoms with Crippen molar-refractivity contribution < 1.29 is 0 Å². The Morgan fingerprint density at radius 2 is 1.37 bits per heavy atom. The fraction of sp³-hybridized carbons (Fsp3) is 0. The summed E-state index contributed by atoms with van der Waals surface area (Å²) in [6.07, 6.45) is 0. The maximum Gasteiger partial charge on any atom is 0.0393 e. The van der Waals surface area contributed by atoms with E-state index in [0.29, 0.717) is 0 Å². The van der Waals surface area contributed by atoms with Gasteiger partial charge in [0.25, 0.3) is 0 Å². The monoisotopic (exact) mass is 245 g/mol. The van der Waals surface area contributed by atoms with Crippen LogP contribution < -0.4 is 5.73 Å². The van der Waals surface area contributed by atoms with Gasteiger partial charge in [-0.2, -0.15) is 0 Å². The molecule has 0 bridgehead atoms. The van der Waals surface area contributed by atoms with Gasteiger partial charge < -0.3 is 5.73 Å². The Morgan fingerprint density at radius 1 is 0.632 bits per heavy atom. The Balaban J connectivity index is 2.29. The van der Waals surface area contributed by atoms with Crippen LogP contribution in [0.5, 0.6) is 0 Å². The van der Waals surface area contributed by atoms with Crippen molar-refractivity contribution >= 4 is 38.0 Å². The third-order valence-electron chi connectivity index (χ3n) is 3.82. The molecule has 0 aliphatic carbocycles. The van der Waals surface area contributed by atoms with Crippen LogP contribution >= 0.6 is 0 Å². The molecule has 4 aromatic carbocycles. The van der Waals surface area contributed by atoms with Crippen LogP contribution in [0.25, 0.3) is 32.3 Å². The number of hydrogen-bond donors (Lipinski definition) is 1. The average molecular weight is 245 g/mol. The van der Waals surface area contributed by atoms with Crippen LogP contribution in [0.4, 0.5) is 5.69 Å². The Morgan fingerprint density at radius 3 is 2.32 bits per heavy atom. The zero-order chi connectivity index (χ0) is 12.8. The number of benzene rings is 4. The Bertz CT molecular complexity index is 922. The van der Waals surface area contributed by atoms with E-state index < -0.39 is 0 Å². The topological polar surface area (TPSA) is 26.0 Å². The molecule has 2 N–H and O–H groups in total. The molecule has 0 amide bonds. The number of fused-ring (bicyclic) bond motifs is 5. The number of anilines is 1. The highest BCUT2D eigenvalue weighted by molar-refractivity contribution is 6.18. The molecule has 1 heteroatoms. The second-order valence-electron chi connectivity index (χ2n) is 4.89. The zero-order valence-corrected chi connectivity index (χ0v) is 10.4. The number of rotatable bonds is 0. The van der Waals surface area contributed by atoms with Gasteiger partial charge >= 0.3 is 0 Å². The van der Waals surface area contributed by atoms with Gasteiger partial charge in [0.2, 0.25) is 0 Å². The molecule has 4 rings (SSSR count). The highest BCUT2D eigenvalue weighted by Gasteiger charge is 2.05. The van der Waals surface area contributed by atoms with Gasteiger partial charge in [-0.05, 0) is 33.0 Å². The fourth-order valence-electron chi connectivity index (χ4n) is 2.88. The van der Waals surface area contributed by atoms with Gasteiger partial charge in [-0.1, -0.05) is 60.7 Å². The zero-order valence-electron chi connectivity index (χ0n) is 10.4. The van der Waals surface area contributed by atoms with E-state index in [4.69, 9.17) is 5.73 Å². The standard InChI is InChI=1S/C18H13N/c19-18-7-3-6-14-16-9-8-12-4-1-2-5-13(12)15(16)10-11-17(14)18/h1-11H,19H2/i18+2. The summed E-state index contributed by atoms with van der Waals surface area (Å²) in [5.74, 6) is 0. The van der Waals surface area contributed by atoms with Gasteiger partial charge in [-0.3, -0.25) is 0 Å². The predicted octanol–water partition coefficient (Wildman–Crippen LogP) is 4.73. The number of nitrogen functional groups attached to an aromatic ring is 1. The Kier molecular flexibility index (Phi) is 2.04. The summed E-state index contributed by atoms with van der Waals surface area (Å²) in [7, 11) is 0. The van der Waals surface area contributed by atoms with Gasteiger partial charge in [-0.15, -0.1) is 0 Å². The van der Waals surface area contributed by atoms with Crippen LogP contribution in [0.2, 0.25) is 0 Å². The van der Waals surface area contributed by atoms with Crippen LogP contribution in [0.1, 0.15) is 0 Å². The summed E-state index contributed by atoms with van der Waals surface area (Å²) < 4.78 is 0. The van der Waals surface area contributed by atoms with Crippen molar-refractivity contribution in [1.29, 1.82) is 0 Å². The molecule has 0 unspecified atom stereocenters.